The van der Waals surface area contributed by atoms with Crippen molar-refractivity contribution in [3.63, 3.8) is 0 Å². The largest absolute Gasteiger partial charge is 0.317 e. The normalized spacial score (nSPS) is 20.4. The van der Waals surface area contributed by atoms with Gasteiger partial charge in [-0.15, -0.1) is 0 Å². The average molecular weight is 167 g/mol. The second kappa shape index (κ2) is 6.24. The molecule has 0 radical (unpaired) electrons. The first-order valence-corrected chi connectivity index (χ1v) is 5.29. The lowest BCUT2D eigenvalue weighted by Crippen LogP contribution is -2.27. The van der Waals surface area contributed by atoms with Crippen molar-refractivity contribution in [3.8, 4) is 0 Å². The molecule has 1 N–H and O–H groups in total. The molecule has 0 aromatic rings. The van der Waals surface area contributed by atoms with E-state index in [4.69, 9.17) is 0 Å². The molecule has 0 saturated carbocycles. The maximum Gasteiger partial charge on any atom is -0.00463 e. The Morgan fingerprint density at radius 2 is 2.00 bits per heavy atom. The van der Waals surface area contributed by atoms with E-state index in [-0.39, 0.29) is 0 Å². The predicted octanol–water partition coefficient (Wildman–Crippen LogP) is 2.73. The van der Waals surface area contributed by atoms with Crippen molar-refractivity contribution in [3.05, 3.63) is 12.2 Å². The summed E-state index contributed by atoms with van der Waals surface area (Å²) >= 11 is 0. The first-order chi connectivity index (χ1) is 5.93. The number of allylic oxidation sites excluding steroid dienone is 2. The summed E-state index contributed by atoms with van der Waals surface area (Å²) in [5, 5.41) is 3.40. The molecule has 0 aromatic carbocycles. The quantitative estimate of drug-likeness (QED) is 0.635. The maximum absolute atomic E-state index is 3.40. The van der Waals surface area contributed by atoms with Gasteiger partial charge in [-0.3, -0.25) is 0 Å². The van der Waals surface area contributed by atoms with Crippen LogP contribution in [0.4, 0.5) is 0 Å². The van der Waals surface area contributed by atoms with Crippen molar-refractivity contribution in [2.75, 3.05) is 13.1 Å². The van der Waals surface area contributed by atoms with E-state index in [1.54, 1.807) is 0 Å². The van der Waals surface area contributed by atoms with E-state index in [9.17, 15) is 0 Å². The summed E-state index contributed by atoms with van der Waals surface area (Å²) in [7, 11) is 0. The van der Waals surface area contributed by atoms with Crippen LogP contribution in [-0.4, -0.2) is 13.1 Å². The van der Waals surface area contributed by atoms with Crippen LogP contribution in [0, 0.1) is 5.92 Å². The molecule has 1 saturated heterocycles. The van der Waals surface area contributed by atoms with Crippen LogP contribution in [0.25, 0.3) is 0 Å². The van der Waals surface area contributed by atoms with Gasteiger partial charge in [0.15, 0.2) is 0 Å². The van der Waals surface area contributed by atoms with Crippen molar-refractivity contribution in [2.24, 2.45) is 5.92 Å². The third kappa shape index (κ3) is 3.91. The van der Waals surface area contributed by atoms with Gasteiger partial charge in [-0.2, -0.15) is 0 Å². The monoisotopic (exact) mass is 167 g/mol. The molecule has 12 heavy (non-hydrogen) atoms. The highest BCUT2D eigenvalue weighted by molar-refractivity contribution is 4.81. The van der Waals surface area contributed by atoms with E-state index in [0.717, 1.165) is 5.92 Å². The highest BCUT2D eigenvalue weighted by Gasteiger charge is 2.10. The van der Waals surface area contributed by atoms with Crippen LogP contribution < -0.4 is 5.32 Å². The van der Waals surface area contributed by atoms with Crippen molar-refractivity contribution in [2.45, 2.75) is 39.0 Å². The first kappa shape index (κ1) is 9.79. The molecule has 1 heteroatoms. The predicted molar refractivity (Wildman–Crippen MR) is 54.3 cm³/mol. The third-order valence-electron chi connectivity index (χ3n) is 2.60. The van der Waals surface area contributed by atoms with Crippen molar-refractivity contribution in [1.29, 1.82) is 0 Å². The molecule has 0 atom stereocenters. The maximum atomic E-state index is 3.40. The zero-order valence-corrected chi connectivity index (χ0v) is 8.18. The molecule has 0 unspecified atom stereocenters. The van der Waals surface area contributed by atoms with E-state index in [2.05, 4.69) is 24.4 Å². The van der Waals surface area contributed by atoms with Gasteiger partial charge < -0.3 is 5.32 Å². The Morgan fingerprint density at radius 3 is 2.67 bits per heavy atom. The Labute approximate surface area is 76.2 Å². The van der Waals surface area contributed by atoms with Crippen LogP contribution in [0.15, 0.2) is 12.2 Å². The van der Waals surface area contributed by atoms with E-state index in [1.165, 1.54) is 45.2 Å². The van der Waals surface area contributed by atoms with E-state index >= 15 is 0 Å². The summed E-state index contributed by atoms with van der Waals surface area (Å²) in [4.78, 5) is 0. The second-order valence-corrected chi connectivity index (χ2v) is 3.65. The minimum atomic E-state index is 0.993. The van der Waals surface area contributed by atoms with Gasteiger partial charge in [-0.05, 0) is 51.1 Å². The van der Waals surface area contributed by atoms with Gasteiger partial charge in [0.25, 0.3) is 0 Å². The minimum Gasteiger partial charge on any atom is -0.317 e. The Bertz CT molecular complexity index is 123. The van der Waals surface area contributed by atoms with Crippen LogP contribution in [-0.2, 0) is 0 Å². The molecule has 1 aliphatic rings. The van der Waals surface area contributed by atoms with Crippen LogP contribution in [0.5, 0.6) is 0 Å². The lowest BCUT2D eigenvalue weighted by Gasteiger charge is -2.21. The van der Waals surface area contributed by atoms with Gasteiger partial charge in [0.05, 0.1) is 0 Å². The van der Waals surface area contributed by atoms with E-state index in [0.29, 0.717) is 0 Å². The molecule has 0 spiro atoms. The molecule has 1 heterocycles. The molecule has 1 nitrogen and oxygen atoms in total. The van der Waals surface area contributed by atoms with Gasteiger partial charge in [-0.25, -0.2) is 0 Å². The average Bonchev–Trinajstić information content (AvgIpc) is 2.14. The molecule has 0 amide bonds. The van der Waals surface area contributed by atoms with Crippen LogP contribution in [0.2, 0.25) is 0 Å². The van der Waals surface area contributed by atoms with Crippen LogP contribution >= 0.6 is 0 Å². The van der Waals surface area contributed by atoms with Gasteiger partial charge in [0, 0.05) is 0 Å². The van der Waals surface area contributed by atoms with E-state index in [1.807, 2.05) is 0 Å². The molecule has 1 rings (SSSR count). The fraction of sp³-hybridized carbons (Fsp3) is 0.818. The lowest BCUT2D eigenvalue weighted by molar-refractivity contribution is 0.356. The summed E-state index contributed by atoms with van der Waals surface area (Å²) in [5.74, 6) is 0.993. The molecule has 70 valence electrons. The lowest BCUT2D eigenvalue weighted by atomic mass is 9.93. The number of rotatable bonds is 4. The van der Waals surface area contributed by atoms with Crippen molar-refractivity contribution >= 4 is 0 Å². The topological polar surface area (TPSA) is 12.0 Å². The van der Waals surface area contributed by atoms with E-state index < -0.39 is 0 Å². The standard InChI is InChI=1S/C11H21N/c1-2-3-4-5-6-11-7-9-12-10-8-11/h3-4,11-12H,2,5-10H2,1H3. The molecular weight excluding hydrogens is 146 g/mol. The Morgan fingerprint density at radius 1 is 1.25 bits per heavy atom. The summed E-state index contributed by atoms with van der Waals surface area (Å²) in [5.41, 5.74) is 0. The Kier molecular flexibility index (Phi) is 5.09. The summed E-state index contributed by atoms with van der Waals surface area (Å²) in [6.45, 7) is 4.67. The molecule has 0 aliphatic carbocycles. The third-order valence-corrected chi connectivity index (χ3v) is 2.60. The van der Waals surface area contributed by atoms with Gasteiger partial charge in [-0.1, -0.05) is 19.1 Å². The SMILES string of the molecule is CCC=CCCC1CCNCC1. The Balaban J connectivity index is 2.01. The fourth-order valence-electron chi connectivity index (χ4n) is 1.79. The molecule has 0 aromatic heterocycles. The van der Waals surface area contributed by atoms with Gasteiger partial charge in [0.2, 0.25) is 0 Å². The Hall–Kier alpha value is -0.300. The number of hydrogen-bond donors (Lipinski definition) is 1. The van der Waals surface area contributed by atoms with Crippen LogP contribution in [0.3, 0.4) is 0 Å². The first-order valence-electron chi connectivity index (χ1n) is 5.29. The fourth-order valence-corrected chi connectivity index (χ4v) is 1.79. The summed E-state index contributed by atoms with van der Waals surface area (Å²) in [6, 6.07) is 0. The summed E-state index contributed by atoms with van der Waals surface area (Å²) < 4.78 is 0. The highest BCUT2D eigenvalue weighted by Crippen LogP contribution is 2.17. The van der Waals surface area contributed by atoms with Gasteiger partial charge in [0.1, 0.15) is 0 Å². The highest BCUT2D eigenvalue weighted by atomic mass is 14.9. The van der Waals surface area contributed by atoms with Crippen molar-refractivity contribution in [1.82, 2.24) is 5.32 Å². The number of nitrogens with one attached hydrogen (secondary N) is 1. The van der Waals surface area contributed by atoms with Crippen LogP contribution in [0.1, 0.15) is 39.0 Å². The molecular formula is C11H21N. The minimum absolute atomic E-state index is 0.993. The molecule has 1 fully saturated rings. The zero-order chi connectivity index (χ0) is 8.65. The number of piperidine rings is 1. The second-order valence-electron chi connectivity index (χ2n) is 3.65. The molecule has 1 aliphatic heterocycles. The zero-order valence-electron chi connectivity index (χ0n) is 8.18. The molecule has 0 bridgehead atoms. The smallest absolute Gasteiger partial charge is 0.00463 e. The summed E-state index contributed by atoms with van der Waals surface area (Å²) in [6.07, 6.45) is 11.3. The number of hydrogen-bond acceptors (Lipinski definition) is 1. The van der Waals surface area contributed by atoms with Gasteiger partial charge >= 0.3 is 0 Å². The van der Waals surface area contributed by atoms with Crippen molar-refractivity contribution < 1.29 is 0 Å².